The smallest absolute Gasteiger partial charge is 0.271 e. The molecule has 0 spiro atoms. The molecule has 110 valence electrons. The Morgan fingerprint density at radius 2 is 2.20 bits per heavy atom. The van der Waals surface area contributed by atoms with E-state index < -0.39 is 10.0 Å². The molecular weight excluding hydrogens is 296 g/mol. The van der Waals surface area contributed by atoms with Gasteiger partial charge in [0.05, 0.1) is 11.4 Å². The Bertz CT molecular complexity index is 716. The minimum Gasteiger partial charge on any atom is -0.326 e. The highest BCUT2D eigenvalue weighted by Gasteiger charge is 2.20. The van der Waals surface area contributed by atoms with Crippen LogP contribution in [0.2, 0.25) is 0 Å². The molecule has 0 aliphatic heterocycles. The molecular formula is C12H18N4O2S2. The van der Waals surface area contributed by atoms with Gasteiger partial charge in [0.15, 0.2) is 0 Å². The molecule has 2 heterocycles. The summed E-state index contributed by atoms with van der Waals surface area (Å²) >= 11 is 1.20. The minimum atomic E-state index is -3.58. The number of nitrogens with one attached hydrogen (secondary N) is 1. The first-order valence-corrected chi connectivity index (χ1v) is 8.52. The molecule has 0 saturated carbocycles. The summed E-state index contributed by atoms with van der Waals surface area (Å²) in [5.41, 5.74) is 7.74. The van der Waals surface area contributed by atoms with Crippen LogP contribution in [-0.2, 0) is 30.0 Å². The number of rotatable bonds is 5. The summed E-state index contributed by atoms with van der Waals surface area (Å²) in [5.74, 6) is 0. The third kappa shape index (κ3) is 2.87. The van der Waals surface area contributed by atoms with Gasteiger partial charge in [-0.25, -0.2) is 8.42 Å². The van der Waals surface area contributed by atoms with Crippen molar-refractivity contribution in [2.45, 2.75) is 31.0 Å². The highest BCUT2D eigenvalue weighted by Crippen LogP contribution is 2.28. The lowest BCUT2D eigenvalue weighted by molar-refractivity contribution is 0.603. The van der Waals surface area contributed by atoms with Crippen LogP contribution in [0.4, 0.5) is 5.69 Å². The van der Waals surface area contributed by atoms with E-state index in [0.29, 0.717) is 18.7 Å². The SMILES string of the molecule is CCc1nn(C)cc1NS(=O)(=O)c1cc(C)c(CN)s1. The summed E-state index contributed by atoms with van der Waals surface area (Å²) in [7, 11) is -1.82. The number of thiophene rings is 1. The van der Waals surface area contributed by atoms with Gasteiger partial charge in [-0.2, -0.15) is 5.10 Å². The largest absolute Gasteiger partial charge is 0.326 e. The fourth-order valence-electron chi connectivity index (χ4n) is 1.90. The second-order valence-corrected chi connectivity index (χ2v) is 7.54. The Kier molecular flexibility index (Phi) is 4.17. The molecule has 0 saturated heterocycles. The van der Waals surface area contributed by atoms with Gasteiger partial charge >= 0.3 is 0 Å². The first-order chi connectivity index (χ1) is 9.37. The van der Waals surface area contributed by atoms with Crippen LogP contribution in [0.15, 0.2) is 16.5 Å². The Hall–Kier alpha value is -1.38. The first-order valence-electron chi connectivity index (χ1n) is 6.22. The van der Waals surface area contributed by atoms with Crippen LogP contribution in [0, 0.1) is 6.92 Å². The zero-order chi connectivity index (χ0) is 14.9. The van der Waals surface area contributed by atoms with Crippen LogP contribution in [0.5, 0.6) is 0 Å². The third-order valence-corrected chi connectivity index (χ3v) is 6.03. The summed E-state index contributed by atoms with van der Waals surface area (Å²) < 4.78 is 29.2. The minimum absolute atomic E-state index is 0.279. The zero-order valence-electron chi connectivity index (χ0n) is 11.7. The molecule has 3 N–H and O–H groups in total. The van der Waals surface area contributed by atoms with Gasteiger partial charge in [0.2, 0.25) is 0 Å². The molecule has 2 rings (SSSR count). The van der Waals surface area contributed by atoms with E-state index in [4.69, 9.17) is 5.73 Å². The summed E-state index contributed by atoms with van der Waals surface area (Å²) in [6.45, 7) is 4.14. The third-order valence-electron chi connectivity index (χ3n) is 2.93. The summed E-state index contributed by atoms with van der Waals surface area (Å²) in [6, 6.07) is 1.65. The van der Waals surface area contributed by atoms with Crippen LogP contribution in [0.25, 0.3) is 0 Å². The molecule has 8 heteroatoms. The van der Waals surface area contributed by atoms with Crippen molar-refractivity contribution in [2.24, 2.45) is 12.8 Å². The highest BCUT2D eigenvalue weighted by atomic mass is 32.2. The molecule has 0 aromatic carbocycles. The Morgan fingerprint density at radius 1 is 1.50 bits per heavy atom. The van der Waals surface area contributed by atoms with Crippen molar-refractivity contribution >= 4 is 27.0 Å². The summed E-state index contributed by atoms with van der Waals surface area (Å²) in [4.78, 5) is 0.882. The second kappa shape index (κ2) is 5.55. The van der Waals surface area contributed by atoms with Crippen molar-refractivity contribution in [2.75, 3.05) is 4.72 Å². The molecule has 0 unspecified atom stereocenters. The van der Waals surface area contributed by atoms with Gasteiger partial charge in [0.1, 0.15) is 4.21 Å². The van der Waals surface area contributed by atoms with Crippen molar-refractivity contribution in [1.29, 1.82) is 0 Å². The van der Waals surface area contributed by atoms with Gasteiger partial charge in [-0.1, -0.05) is 6.92 Å². The van der Waals surface area contributed by atoms with E-state index in [-0.39, 0.29) is 4.21 Å². The lowest BCUT2D eigenvalue weighted by atomic mass is 10.3. The molecule has 0 fully saturated rings. The molecule has 2 aromatic heterocycles. The molecule has 20 heavy (non-hydrogen) atoms. The maximum absolute atomic E-state index is 12.4. The van der Waals surface area contributed by atoms with Gasteiger partial charge in [0, 0.05) is 24.7 Å². The Morgan fingerprint density at radius 3 is 2.75 bits per heavy atom. The number of hydrogen-bond acceptors (Lipinski definition) is 5. The number of aromatic nitrogens is 2. The number of anilines is 1. The van der Waals surface area contributed by atoms with Crippen LogP contribution in [-0.4, -0.2) is 18.2 Å². The van der Waals surface area contributed by atoms with E-state index in [2.05, 4.69) is 9.82 Å². The predicted molar refractivity (Wildman–Crippen MR) is 80.3 cm³/mol. The lowest BCUT2D eigenvalue weighted by Crippen LogP contribution is -2.12. The summed E-state index contributed by atoms with van der Waals surface area (Å²) in [6.07, 6.45) is 2.33. The number of hydrogen-bond donors (Lipinski definition) is 2. The van der Waals surface area contributed by atoms with Gasteiger partial charge in [0.25, 0.3) is 10.0 Å². The number of sulfonamides is 1. The van der Waals surface area contributed by atoms with Crippen molar-refractivity contribution < 1.29 is 8.42 Å². The molecule has 0 atom stereocenters. The van der Waals surface area contributed by atoms with E-state index in [1.807, 2.05) is 13.8 Å². The van der Waals surface area contributed by atoms with E-state index in [1.54, 1.807) is 24.0 Å². The second-order valence-electron chi connectivity index (χ2n) is 4.50. The summed E-state index contributed by atoms with van der Waals surface area (Å²) in [5, 5.41) is 4.22. The maximum Gasteiger partial charge on any atom is 0.271 e. The average molecular weight is 314 g/mol. The fraction of sp³-hybridized carbons (Fsp3) is 0.417. The molecule has 0 aliphatic carbocycles. The first kappa shape index (κ1) is 15.0. The molecule has 0 aliphatic rings. The molecule has 2 aromatic rings. The average Bonchev–Trinajstić information content (AvgIpc) is 2.92. The Balaban J connectivity index is 2.35. The van der Waals surface area contributed by atoms with Crippen molar-refractivity contribution in [1.82, 2.24) is 9.78 Å². The molecule has 0 bridgehead atoms. The van der Waals surface area contributed by atoms with Gasteiger partial charge in [-0.15, -0.1) is 11.3 Å². The Labute approximate surface area is 122 Å². The molecule has 6 nitrogen and oxygen atoms in total. The van der Waals surface area contributed by atoms with E-state index >= 15 is 0 Å². The van der Waals surface area contributed by atoms with Crippen molar-refractivity contribution in [3.63, 3.8) is 0 Å². The highest BCUT2D eigenvalue weighted by molar-refractivity contribution is 7.94. The number of aryl methyl sites for hydroxylation is 3. The fourth-order valence-corrected chi connectivity index (χ4v) is 4.44. The number of nitrogens with two attached hydrogens (primary N) is 1. The van der Waals surface area contributed by atoms with Gasteiger partial charge in [-0.3, -0.25) is 9.40 Å². The van der Waals surface area contributed by atoms with Crippen molar-refractivity contribution in [3.8, 4) is 0 Å². The standard InChI is InChI=1S/C12H18N4O2S2/c1-4-9-10(7-16(3)14-9)15-20(17,18)12-5-8(2)11(6-13)19-12/h5,7,15H,4,6,13H2,1-3H3. The van der Waals surface area contributed by atoms with Gasteiger partial charge in [-0.05, 0) is 25.0 Å². The quantitative estimate of drug-likeness (QED) is 0.877. The monoisotopic (exact) mass is 314 g/mol. The normalized spacial score (nSPS) is 11.8. The molecule has 0 radical (unpaired) electrons. The zero-order valence-corrected chi connectivity index (χ0v) is 13.3. The van der Waals surface area contributed by atoms with Crippen LogP contribution >= 0.6 is 11.3 Å². The van der Waals surface area contributed by atoms with Crippen LogP contribution in [0.3, 0.4) is 0 Å². The van der Waals surface area contributed by atoms with Crippen molar-refractivity contribution in [3.05, 3.63) is 28.4 Å². The van der Waals surface area contributed by atoms with Crippen LogP contribution < -0.4 is 10.5 Å². The van der Waals surface area contributed by atoms with Crippen LogP contribution in [0.1, 0.15) is 23.1 Å². The van der Waals surface area contributed by atoms with Gasteiger partial charge < -0.3 is 5.73 Å². The van der Waals surface area contributed by atoms with E-state index in [1.165, 1.54) is 11.3 Å². The predicted octanol–water partition coefficient (Wildman–Crippen LogP) is 1.61. The van der Waals surface area contributed by atoms with E-state index in [9.17, 15) is 8.42 Å². The maximum atomic E-state index is 12.4. The topological polar surface area (TPSA) is 90.0 Å². The molecule has 0 amide bonds. The van der Waals surface area contributed by atoms with E-state index in [0.717, 1.165) is 16.1 Å². The number of nitrogens with zero attached hydrogens (tertiary/aromatic N) is 2. The lowest BCUT2D eigenvalue weighted by Gasteiger charge is -2.04.